The molecule has 2 aromatic rings. The topological polar surface area (TPSA) is 39.1 Å². The van der Waals surface area contributed by atoms with Gasteiger partial charge in [-0.25, -0.2) is 4.98 Å². The van der Waals surface area contributed by atoms with Crippen molar-refractivity contribution in [2.45, 2.75) is 37.8 Å². The summed E-state index contributed by atoms with van der Waals surface area (Å²) in [6, 6.07) is 8.34. The number of rotatable bonds is 3. The third kappa shape index (κ3) is 2.23. The molecule has 1 fully saturated rings. The van der Waals surface area contributed by atoms with E-state index >= 15 is 0 Å². The first kappa shape index (κ1) is 12.9. The van der Waals surface area contributed by atoms with Gasteiger partial charge in [0.05, 0.1) is 12.9 Å². The number of nitrogens with one attached hydrogen (secondary N) is 1. The standard InChI is InChI=1S/C17H21N3O/c1-17(6-7-18-11-17)16-9-19-12-20(16)10-14-8-13-4-2-3-5-15(13)21-14/h2-5,9,12,14,18H,6-8,10-11H2,1H3. The van der Waals surface area contributed by atoms with Gasteiger partial charge in [0.15, 0.2) is 0 Å². The van der Waals surface area contributed by atoms with Gasteiger partial charge >= 0.3 is 0 Å². The van der Waals surface area contributed by atoms with E-state index in [9.17, 15) is 0 Å². The van der Waals surface area contributed by atoms with Crippen molar-refractivity contribution in [1.82, 2.24) is 14.9 Å². The molecule has 0 bridgehead atoms. The van der Waals surface area contributed by atoms with Crippen LogP contribution in [0.5, 0.6) is 5.75 Å². The van der Waals surface area contributed by atoms with E-state index in [1.54, 1.807) is 0 Å². The third-order valence-electron chi connectivity index (χ3n) is 4.81. The lowest BCUT2D eigenvalue weighted by Gasteiger charge is -2.25. The number of hydrogen-bond acceptors (Lipinski definition) is 3. The number of imidazole rings is 1. The Morgan fingerprint density at radius 2 is 2.33 bits per heavy atom. The summed E-state index contributed by atoms with van der Waals surface area (Å²) in [5.74, 6) is 1.04. The summed E-state index contributed by atoms with van der Waals surface area (Å²) in [4.78, 5) is 4.38. The summed E-state index contributed by atoms with van der Waals surface area (Å²) in [5.41, 5.74) is 2.84. The Morgan fingerprint density at radius 1 is 1.43 bits per heavy atom. The van der Waals surface area contributed by atoms with E-state index in [1.165, 1.54) is 17.7 Å². The van der Waals surface area contributed by atoms with Gasteiger partial charge < -0.3 is 14.6 Å². The van der Waals surface area contributed by atoms with Gasteiger partial charge in [0.2, 0.25) is 0 Å². The van der Waals surface area contributed by atoms with Gasteiger partial charge in [0.25, 0.3) is 0 Å². The molecule has 0 spiro atoms. The third-order valence-corrected chi connectivity index (χ3v) is 4.81. The fraction of sp³-hybridized carbons (Fsp3) is 0.471. The van der Waals surface area contributed by atoms with Crippen molar-refractivity contribution in [3.05, 3.63) is 48.0 Å². The minimum Gasteiger partial charge on any atom is -0.488 e. The number of nitrogens with zero attached hydrogens (tertiary/aromatic N) is 2. The zero-order valence-electron chi connectivity index (χ0n) is 12.4. The van der Waals surface area contributed by atoms with Crippen molar-refractivity contribution >= 4 is 0 Å². The Bertz CT molecular complexity index is 618. The molecule has 4 rings (SSSR count). The Morgan fingerprint density at radius 3 is 3.14 bits per heavy atom. The molecule has 2 aliphatic rings. The predicted molar refractivity (Wildman–Crippen MR) is 81.6 cm³/mol. The van der Waals surface area contributed by atoms with Crippen LogP contribution in [0.4, 0.5) is 0 Å². The SMILES string of the molecule is CC1(c2cncn2CC2Cc3ccccc3O2)CCNC1. The second-order valence-corrected chi connectivity index (χ2v) is 6.47. The fourth-order valence-electron chi connectivity index (χ4n) is 3.58. The fourth-order valence-corrected chi connectivity index (χ4v) is 3.58. The van der Waals surface area contributed by atoms with Crippen LogP contribution in [0, 0.1) is 0 Å². The molecule has 1 saturated heterocycles. The number of ether oxygens (including phenoxy) is 1. The highest BCUT2D eigenvalue weighted by Gasteiger charge is 2.34. The highest BCUT2D eigenvalue weighted by atomic mass is 16.5. The molecule has 21 heavy (non-hydrogen) atoms. The quantitative estimate of drug-likeness (QED) is 0.938. The molecule has 0 radical (unpaired) electrons. The molecular formula is C17H21N3O. The molecule has 0 amide bonds. The van der Waals surface area contributed by atoms with Crippen LogP contribution < -0.4 is 10.1 Å². The first-order chi connectivity index (χ1) is 10.2. The Kier molecular flexibility index (Phi) is 3.00. The predicted octanol–water partition coefficient (Wildman–Crippen LogP) is 2.14. The van der Waals surface area contributed by atoms with Crippen LogP contribution in [-0.2, 0) is 18.4 Å². The van der Waals surface area contributed by atoms with Gasteiger partial charge in [-0.15, -0.1) is 0 Å². The van der Waals surface area contributed by atoms with E-state index < -0.39 is 0 Å². The highest BCUT2D eigenvalue weighted by Crippen LogP contribution is 2.32. The van der Waals surface area contributed by atoms with Crippen molar-refractivity contribution in [2.75, 3.05) is 13.1 Å². The van der Waals surface area contributed by atoms with E-state index in [1.807, 2.05) is 18.6 Å². The molecule has 2 atom stereocenters. The molecule has 110 valence electrons. The maximum Gasteiger partial charge on any atom is 0.123 e. The number of hydrogen-bond donors (Lipinski definition) is 1. The van der Waals surface area contributed by atoms with Gasteiger partial charge in [-0.2, -0.15) is 0 Å². The maximum absolute atomic E-state index is 6.07. The second-order valence-electron chi connectivity index (χ2n) is 6.47. The Labute approximate surface area is 125 Å². The lowest BCUT2D eigenvalue weighted by molar-refractivity contribution is 0.205. The molecular weight excluding hydrogens is 262 g/mol. The molecule has 4 heteroatoms. The summed E-state index contributed by atoms with van der Waals surface area (Å²) < 4.78 is 8.35. The van der Waals surface area contributed by atoms with E-state index in [0.29, 0.717) is 0 Å². The Hall–Kier alpha value is -1.81. The molecule has 1 N–H and O–H groups in total. The van der Waals surface area contributed by atoms with Crippen molar-refractivity contribution in [3.8, 4) is 5.75 Å². The average molecular weight is 283 g/mol. The van der Waals surface area contributed by atoms with E-state index in [2.05, 4.69) is 40.0 Å². The summed E-state index contributed by atoms with van der Waals surface area (Å²) in [6.45, 7) is 5.32. The molecule has 4 nitrogen and oxygen atoms in total. The van der Waals surface area contributed by atoms with Gasteiger partial charge in [-0.3, -0.25) is 0 Å². The first-order valence-corrected chi connectivity index (χ1v) is 7.70. The summed E-state index contributed by atoms with van der Waals surface area (Å²) in [7, 11) is 0. The van der Waals surface area contributed by atoms with Gasteiger partial charge in [-0.05, 0) is 24.6 Å². The van der Waals surface area contributed by atoms with Crippen molar-refractivity contribution < 1.29 is 4.74 Å². The summed E-state index contributed by atoms with van der Waals surface area (Å²) in [5, 5.41) is 3.46. The lowest BCUT2D eigenvalue weighted by atomic mass is 9.86. The smallest absolute Gasteiger partial charge is 0.123 e. The van der Waals surface area contributed by atoms with Crippen LogP contribution in [0.1, 0.15) is 24.6 Å². The molecule has 3 heterocycles. The zero-order chi connectivity index (χ0) is 14.3. The van der Waals surface area contributed by atoms with E-state index in [4.69, 9.17) is 4.74 Å². The van der Waals surface area contributed by atoms with Gasteiger partial charge in [-0.1, -0.05) is 25.1 Å². The molecule has 2 unspecified atom stereocenters. The molecule has 0 saturated carbocycles. The van der Waals surface area contributed by atoms with Crippen LogP contribution >= 0.6 is 0 Å². The average Bonchev–Trinajstić information content (AvgIpc) is 3.18. The second kappa shape index (κ2) is 4.88. The first-order valence-electron chi connectivity index (χ1n) is 7.70. The van der Waals surface area contributed by atoms with Crippen molar-refractivity contribution in [3.63, 3.8) is 0 Å². The van der Waals surface area contributed by atoms with Gasteiger partial charge in [0.1, 0.15) is 11.9 Å². The van der Waals surface area contributed by atoms with Crippen molar-refractivity contribution in [2.24, 2.45) is 0 Å². The summed E-state index contributed by atoms with van der Waals surface area (Å²) in [6.07, 6.45) is 6.35. The lowest BCUT2D eigenvalue weighted by Crippen LogP contribution is -2.30. The number of aromatic nitrogens is 2. The maximum atomic E-state index is 6.07. The number of para-hydroxylation sites is 1. The molecule has 0 aliphatic carbocycles. The largest absolute Gasteiger partial charge is 0.488 e. The monoisotopic (exact) mass is 283 g/mol. The molecule has 2 aliphatic heterocycles. The van der Waals surface area contributed by atoms with Crippen LogP contribution in [0.2, 0.25) is 0 Å². The van der Waals surface area contributed by atoms with Crippen molar-refractivity contribution in [1.29, 1.82) is 0 Å². The van der Waals surface area contributed by atoms with E-state index in [-0.39, 0.29) is 11.5 Å². The van der Waals surface area contributed by atoms with Crippen LogP contribution in [0.3, 0.4) is 0 Å². The van der Waals surface area contributed by atoms with Crippen LogP contribution in [-0.4, -0.2) is 28.7 Å². The summed E-state index contributed by atoms with van der Waals surface area (Å²) >= 11 is 0. The number of benzene rings is 1. The highest BCUT2D eigenvalue weighted by molar-refractivity contribution is 5.37. The Balaban J connectivity index is 1.53. The van der Waals surface area contributed by atoms with E-state index in [0.717, 1.165) is 31.8 Å². The minimum atomic E-state index is 0.196. The van der Waals surface area contributed by atoms with Crippen LogP contribution in [0.15, 0.2) is 36.8 Å². The molecule has 1 aromatic carbocycles. The zero-order valence-corrected chi connectivity index (χ0v) is 12.4. The number of fused-ring (bicyclic) bond motifs is 1. The van der Waals surface area contributed by atoms with Crippen LogP contribution in [0.25, 0.3) is 0 Å². The molecule has 1 aromatic heterocycles. The van der Waals surface area contributed by atoms with Gasteiger partial charge in [0, 0.05) is 30.3 Å². The normalized spacial score (nSPS) is 27.6. The minimum absolute atomic E-state index is 0.196.